The Labute approximate surface area is 212 Å². The zero-order valence-electron chi connectivity index (χ0n) is 21.5. The molecule has 8 nitrogen and oxygen atoms in total. The van der Waals surface area contributed by atoms with Gasteiger partial charge in [0.2, 0.25) is 11.8 Å². The fourth-order valence-electron chi connectivity index (χ4n) is 4.59. The molecule has 2 fully saturated rings. The van der Waals surface area contributed by atoms with Gasteiger partial charge in [0.05, 0.1) is 11.7 Å². The molecule has 1 aromatic carbocycles. The monoisotopic (exact) mass is 500 g/mol. The Morgan fingerprint density at radius 1 is 1.08 bits per heavy atom. The number of benzene rings is 1. The Bertz CT molecular complexity index is 1020. The Morgan fingerprint density at radius 3 is 2.50 bits per heavy atom. The van der Waals surface area contributed by atoms with E-state index in [9.17, 15) is 9.18 Å². The smallest absolute Gasteiger partial charge is 0.410 e. The third-order valence-electron chi connectivity index (χ3n) is 6.67. The number of rotatable bonds is 8. The molecule has 1 amide bonds. The van der Waals surface area contributed by atoms with E-state index in [1.807, 2.05) is 19.9 Å². The Kier molecular flexibility index (Phi) is 8.96. The second kappa shape index (κ2) is 12.3. The van der Waals surface area contributed by atoms with Gasteiger partial charge in [-0.2, -0.15) is 0 Å². The van der Waals surface area contributed by atoms with E-state index in [1.54, 1.807) is 24.0 Å². The lowest BCUT2D eigenvalue weighted by Crippen LogP contribution is -2.42. The summed E-state index contributed by atoms with van der Waals surface area (Å²) in [6.45, 7) is 9.78. The highest BCUT2D eigenvalue weighted by molar-refractivity contribution is 5.67. The van der Waals surface area contributed by atoms with Gasteiger partial charge < -0.3 is 24.0 Å². The van der Waals surface area contributed by atoms with Crippen molar-refractivity contribution in [3.63, 3.8) is 0 Å². The van der Waals surface area contributed by atoms with Crippen LogP contribution in [0.4, 0.5) is 9.18 Å². The van der Waals surface area contributed by atoms with Crippen molar-refractivity contribution < 1.29 is 23.4 Å². The van der Waals surface area contributed by atoms with Crippen LogP contribution < -0.4 is 9.47 Å². The number of aromatic nitrogens is 2. The lowest BCUT2D eigenvalue weighted by molar-refractivity contribution is 0.0505. The summed E-state index contributed by atoms with van der Waals surface area (Å²) in [7, 11) is 0. The predicted molar refractivity (Wildman–Crippen MR) is 134 cm³/mol. The topological polar surface area (TPSA) is 77.0 Å². The van der Waals surface area contributed by atoms with Crippen LogP contribution in [0.2, 0.25) is 0 Å². The summed E-state index contributed by atoms with van der Waals surface area (Å²) < 4.78 is 32.0. The number of carbonyl (C=O) groups excluding carboxylic acids is 1. The van der Waals surface area contributed by atoms with Crippen molar-refractivity contribution in [2.75, 3.05) is 32.7 Å². The van der Waals surface area contributed by atoms with Crippen LogP contribution in [0.15, 0.2) is 24.5 Å². The summed E-state index contributed by atoms with van der Waals surface area (Å²) in [6.07, 6.45) is 6.78. The van der Waals surface area contributed by atoms with Crippen LogP contribution in [0.1, 0.15) is 57.1 Å². The number of hydrogen-bond donors (Lipinski definition) is 0. The molecule has 2 aromatic rings. The number of nitrogens with zero attached hydrogens (tertiary/aromatic N) is 4. The van der Waals surface area contributed by atoms with Crippen molar-refractivity contribution in [3.8, 4) is 17.5 Å². The lowest BCUT2D eigenvalue weighted by atomic mass is 10.1. The van der Waals surface area contributed by atoms with Crippen molar-refractivity contribution in [3.05, 3.63) is 41.5 Å². The molecule has 196 valence electrons. The normalized spacial score (nSPS) is 17.3. The molecule has 2 saturated heterocycles. The molecule has 1 aromatic heterocycles. The summed E-state index contributed by atoms with van der Waals surface area (Å²) in [6, 6.07) is 5.12. The third-order valence-corrected chi connectivity index (χ3v) is 6.67. The first-order valence-corrected chi connectivity index (χ1v) is 13.0. The minimum absolute atomic E-state index is 0.0922. The van der Waals surface area contributed by atoms with Gasteiger partial charge in [-0.25, -0.2) is 19.2 Å². The second-order valence-corrected chi connectivity index (χ2v) is 9.86. The maximum absolute atomic E-state index is 14.8. The zero-order valence-corrected chi connectivity index (χ0v) is 21.5. The SMILES string of the molecule is Cc1c(Oc2ccc(CCN3CCCCC3)cc2F)ncnc1OC1CCN(C(=O)OC(C)C)CC1. The molecule has 9 heteroatoms. The molecule has 4 rings (SSSR count). The summed E-state index contributed by atoms with van der Waals surface area (Å²) in [5.74, 6) is 0.383. The van der Waals surface area contributed by atoms with Crippen LogP contribution in [0.25, 0.3) is 0 Å². The molecule has 0 unspecified atom stereocenters. The standard InChI is InChI=1S/C27H37FN4O4/c1-19(2)34-27(33)32-15-10-22(11-16-32)35-25-20(3)26(30-18-29-25)36-24-8-7-21(17-23(24)28)9-14-31-12-5-4-6-13-31/h7-8,17-19,22H,4-6,9-16H2,1-3H3. The van der Waals surface area contributed by atoms with Gasteiger partial charge in [0.25, 0.3) is 0 Å². The van der Waals surface area contributed by atoms with E-state index >= 15 is 0 Å². The number of likely N-dealkylation sites (tertiary alicyclic amines) is 2. The quantitative estimate of drug-likeness (QED) is 0.497. The van der Waals surface area contributed by atoms with Crippen LogP contribution >= 0.6 is 0 Å². The van der Waals surface area contributed by atoms with E-state index in [0.717, 1.165) is 31.6 Å². The zero-order chi connectivity index (χ0) is 25.5. The van der Waals surface area contributed by atoms with Crippen molar-refractivity contribution in [2.24, 2.45) is 0 Å². The molecule has 3 heterocycles. The maximum Gasteiger partial charge on any atom is 0.410 e. The summed E-state index contributed by atoms with van der Waals surface area (Å²) in [4.78, 5) is 24.7. The molecule has 0 atom stereocenters. The van der Waals surface area contributed by atoms with E-state index in [4.69, 9.17) is 14.2 Å². The first-order valence-electron chi connectivity index (χ1n) is 13.0. The molecule has 36 heavy (non-hydrogen) atoms. The van der Waals surface area contributed by atoms with Crippen molar-refractivity contribution >= 4 is 6.09 Å². The Morgan fingerprint density at radius 2 is 1.81 bits per heavy atom. The summed E-state index contributed by atoms with van der Waals surface area (Å²) in [5, 5.41) is 0. The van der Waals surface area contributed by atoms with Gasteiger partial charge in [-0.3, -0.25) is 0 Å². The molecular formula is C27H37FN4O4. The van der Waals surface area contributed by atoms with Gasteiger partial charge in [0, 0.05) is 32.5 Å². The molecule has 0 saturated carbocycles. The predicted octanol–water partition coefficient (Wildman–Crippen LogP) is 5.13. The average molecular weight is 501 g/mol. The minimum atomic E-state index is -0.410. The molecule has 2 aliphatic heterocycles. The maximum atomic E-state index is 14.8. The summed E-state index contributed by atoms with van der Waals surface area (Å²) >= 11 is 0. The van der Waals surface area contributed by atoms with Crippen LogP contribution in [-0.4, -0.2) is 70.8 Å². The lowest BCUT2D eigenvalue weighted by Gasteiger charge is -2.31. The van der Waals surface area contributed by atoms with Gasteiger partial charge in [-0.1, -0.05) is 12.5 Å². The molecule has 0 aliphatic carbocycles. The van der Waals surface area contributed by atoms with E-state index in [2.05, 4.69) is 14.9 Å². The third kappa shape index (κ3) is 7.06. The van der Waals surface area contributed by atoms with Crippen molar-refractivity contribution in [1.82, 2.24) is 19.8 Å². The Hall–Kier alpha value is -2.94. The number of amides is 1. The number of piperidine rings is 2. The van der Waals surface area contributed by atoms with Crippen LogP contribution in [0.5, 0.6) is 17.5 Å². The van der Waals surface area contributed by atoms with Crippen molar-refractivity contribution in [2.45, 2.75) is 71.5 Å². The van der Waals surface area contributed by atoms with E-state index in [-0.39, 0.29) is 29.9 Å². The Balaban J connectivity index is 1.32. The highest BCUT2D eigenvalue weighted by Crippen LogP contribution is 2.31. The second-order valence-electron chi connectivity index (χ2n) is 9.86. The van der Waals surface area contributed by atoms with E-state index in [1.165, 1.54) is 25.6 Å². The highest BCUT2D eigenvalue weighted by atomic mass is 19.1. The van der Waals surface area contributed by atoms with Crippen LogP contribution in [-0.2, 0) is 11.2 Å². The summed E-state index contributed by atoms with van der Waals surface area (Å²) in [5.41, 5.74) is 1.56. The van der Waals surface area contributed by atoms with E-state index in [0.29, 0.717) is 37.4 Å². The van der Waals surface area contributed by atoms with Crippen LogP contribution in [0.3, 0.4) is 0 Å². The van der Waals surface area contributed by atoms with Gasteiger partial charge in [0.1, 0.15) is 12.4 Å². The van der Waals surface area contributed by atoms with Gasteiger partial charge in [-0.05, 0) is 70.8 Å². The van der Waals surface area contributed by atoms with Gasteiger partial charge in [-0.15, -0.1) is 0 Å². The van der Waals surface area contributed by atoms with Crippen LogP contribution in [0, 0.1) is 12.7 Å². The number of halogens is 1. The van der Waals surface area contributed by atoms with Gasteiger partial charge >= 0.3 is 6.09 Å². The fraction of sp³-hybridized carbons (Fsp3) is 0.593. The molecule has 0 bridgehead atoms. The molecule has 2 aliphatic rings. The minimum Gasteiger partial charge on any atom is -0.474 e. The molecular weight excluding hydrogens is 463 g/mol. The number of hydrogen-bond acceptors (Lipinski definition) is 7. The first-order chi connectivity index (χ1) is 17.4. The molecule has 0 radical (unpaired) electrons. The van der Waals surface area contributed by atoms with Gasteiger partial charge in [0.15, 0.2) is 11.6 Å². The number of carbonyl (C=O) groups is 1. The van der Waals surface area contributed by atoms with Crippen molar-refractivity contribution in [1.29, 1.82) is 0 Å². The number of ether oxygens (including phenoxy) is 3. The fourth-order valence-corrected chi connectivity index (χ4v) is 4.59. The average Bonchev–Trinajstić information content (AvgIpc) is 2.87. The van der Waals surface area contributed by atoms with E-state index < -0.39 is 5.82 Å². The highest BCUT2D eigenvalue weighted by Gasteiger charge is 2.26. The first kappa shape index (κ1) is 26.1. The largest absolute Gasteiger partial charge is 0.474 e. The molecule has 0 N–H and O–H groups in total. The molecule has 0 spiro atoms.